The summed E-state index contributed by atoms with van der Waals surface area (Å²) in [7, 11) is 0. The van der Waals surface area contributed by atoms with Gasteiger partial charge in [-0.25, -0.2) is 0 Å². The highest BCUT2D eigenvalue weighted by atomic mass is 15.1. The Morgan fingerprint density at radius 3 is 2.18 bits per heavy atom. The molecule has 3 heteroatoms. The molecule has 94 valence electrons. The molecule has 0 saturated heterocycles. The zero-order valence-electron chi connectivity index (χ0n) is 11.2. The Bertz CT molecular complexity index is 372. The number of para-hydroxylation sites is 1. The van der Waals surface area contributed by atoms with Crippen molar-refractivity contribution in [2.45, 2.75) is 46.6 Å². The average Bonchev–Trinajstić information content (AvgIpc) is 2.28. The lowest BCUT2D eigenvalue weighted by Crippen LogP contribution is -2.25. The lowest BCUT2D eigenvalue weighted by molar-refractivity contribution is 0.833. The van der Waals surface area contributed by atoms with E-state index >= 15 is 0 Å². The second-order valence-corrected chi connectivity index (χ2v) is 4.39. The van der Waals surface area contributed by atoms with E-state index in [1.807, 2.05) is 13.8 Å². The molecule has 3 nitrogen and oxygen atoms in total. The van der Waals surface area contributed by atoms with Gasteiger partial charge in [0.2, 0.25) is 0 Å². The van der Waals surface area contributed by atoms with E-state index in [0.29, 0.717) is 5.96 Å². The Balaban J connectivity index is 3.03. The lowest BCUT2D eigenvalue weighted by Gasteiger charge is -2.15. The molecule has 0 amide bonds. The Kier molecular flexibility index (Phi) is 5.01. The molecular weight excluding hydrogens is 210 g/mol. The molecule has 1 aromatic carbocycles. The number of aliphatic imine (C=N–C) groups is 1. The summed E-state index contributed by atoms with van der Waals surface area (Å²) in [6.45, 7) is 8.33. The van der Waals surface area contributed by atoms with Gasteiger partial charge in [0.1, 0.15) is 0 Å². The van der Waals surface area contributed by atoms with Crippen molar-refractivity contribution in [3.8, 4) is 0 Å². The van der Waals surface area contributed by atoms with Crippen molar-refractivity contribution >= 4 is 11.6 Å². The molecule has 1 rings (SSSR count). The number of hydrogen-bond acceptors (Lipinski definition) is 1. The Hall–Kier alpha value is -1.51. The third kappa shape index (κ3) is 3.77. The van der Waals surface area contributed by atoms with Crippen LogP contribution < -0.4 is 11.1 Å². The summed E-state index contributed by atoms with van der Waals surface area (Å²) in [5.41, 5.74) is 9.58. The molecule has 0 saturated carbocycles. The third-order valence-electron chi connectivity index (χ3n) is 2.65. The second kappa shape index (κ2) is 6.28. The minimum Gasteiger partial charge on any atom is -0.370 e. The van der Waals surface area contributed by atoms with Crippen molar-refractivity contribution in [1.29, 1.82) is 0 Å². The minimum atomic E-state index is 0.210. The molecule has 0 aromatic heterocycles. The van der Waals surface area contributed by atoms with Crippen LogP contribution in [0.3, 0.4) is 0 Å². The number of aryl methyl sites for hydroxylation is 2. The fourth-order valence-electron chi connectivity index (χ4n) is 1.84. The van der Waals surface area contributed by atoms with E-state index < -0.39 is 0 Å². The van der Waals surface area contributed by atoms with Gasteiger partial charge in [-0.1, -0.05) is 32.0 Å². The zero-order chi connectivity index (χ0) is 12.8. The quantitative estimate of drug-likeness (QED) is 0.620. The summed E-state index contributed by atoms with van der Waals surface area (Å²) in [5.74, 6) is 0.496. The molecule has 0 bridgehead atoms. The van der Waals surface area contributed by atoms with E-state index in [1.54, 1.807) is 0 Å². The van der Waals surface area contributed by atoms with E-state index in [1.165, 1.54) is 11.1 Å². The number of nitrogens with zero attached hydrogens (tertiary/aromatic N) is 1. The minimum absolute atomic E-state index is 0.210. The van der Waals surface area contributed by atoms with Crippen LogP contribution in [0.25, 0.3) is 0 Å². The summed E-state index contributed by atoms with van der Waals surface area (Å²) < 4.78 is 0. The maximum absolute atomic E-state index is 5.89. The van der Waals surface area contributed by atoms with Crippen molar-refractivity contribution in [2.24, 2.45) is 10.7 Å². The van der Waals surface area contributed by atoms with Crippen LogP contribution in [0.1, 0.15) is 38.8 Å². The molecule has 0 fully saturated rings. The fourth-order valence-corrected chi connectivity index (χ4v) is 1.84. The van der Waals surface area contributed by atoms with E-state index in [4.69, 9.17) is 5.73 Å². The predicted molar refractivity (Wildman–Crippen MR) is 75.6 cm³/mol. The van der Waals surface area contributed by atoms with Crippen LogP contribution in [0.15, 0.2) is 23.2 Å². The lowest BCUT2D eigenvalue weighted by atomic mass is 10.0. The topological polar surface area (TPSA) is 50.4 Å². The molecule has 0 spiro atoms. The van der Waals surface area contributed by atoms with E-state index in [9.17, 15) is 0 Å². The molecule has 0 aliphatic heterocycles. The highest BCUT2D eigenvalue weighted by molar-refractivity contribution is 5.94. The van der Waals surface area contributed by atoms with Crippen LogP contribution in [0, 0.1) is 0 Å². The SMILES string of the molecule is CCc1cccc(CC)c1NC(N)=NC(C)C. The van der Waals surface area contributed by atoms with Crippen LogP contribution >= 0.6 is 0 Å². The highest BCUT2D eigenvalue weighted by Gasteiger charge is 2.07. The van der Waals surface area contributed by atoms with Crippen LogP contribution in [0.5, 0.6) is 0 Å². The van der Waals surface area contributed by atoms with Crippen LogP contribution in [0.4, 0.5) is 5.69 Å². The smallest absolute Gasteiger partial charge is 0.193 e. The van der Waals surface area contributed by atoms with Gasteiger partial charge in [-0.05, 0) is 37.8 Å². The standard InChI is InChI=1S/C14H23N3/c1-5-11-8-7-9-12(6-2)13(11)17-14(15)16-10(3)4/h7-10H,5-6H2,1-4H3,(H3,15,16,17). The summed E-state index contributed by atoms with van der Waals surface area (Å²) in [5, 5.41) is 3.24. The normalized spacial score (nSPS) is 11.9. The molecule has 0 atom stereocenters. The second-order valence-electron chi connectivity index (χ2n) is 4.39. The maximum atomic E-state index is 5.89. The highest BCUT2D eigenvalue weighted by Crippen LogP contribution is 2.22. The first-order chi connectivity index (χ1) is 8.08. The van der Waals surface area contributed by atoms with Gasteiger partial charge < -0.3 is 11.1 Å². The van der Waals surface area contributed by atoms with Crippen molar-refractivity contribution in [3.05, 3.63) is 29.3 Å². The first-order valence-corrected chi connectivity index (χ1v) is 6.29. The van der Waals surface area contributed by atoms with Gasteiger partial charge in [0.05, 0.1) is 0 Å². The number of hydrogen-bond donors (Lipinski definition) is 2. The van der Waals surface area contributed by atoms with Crippen molar-refractivity contribution < 1.29 is 0 Å². The Labute approximate surface area is 104 Å². The number of guanidine groups is 1. The zero-order valence-corrected chi connectivity index (χ0v) is 11.2. The van der Waals surface area contributed by atoms with Gasteiger partial charge in [-0.3, -0.25) is 4.99 Å². The van der Waals surface area contributed by atoms with E-state index in [2.05, 4.69) is 42.4 Å². The Morgan fingerprint density at radius 1 is 1.24 bits per heavy atom. The van der Waals surface area contributed by atoms with Crippen molar-refractivity contribution in [2.75, 3.05) is 5.32 Å². The molecular formula is C14H23N3. The largest absolute Gasteiger partial charge is 0.370 e. The van der Waals surface area contributed by atoms with Gasteiger partial charge in [-0.2, -0.15) is 0 Å². The van der Waals surface area contributed by atoms with Gasteiger partial charge >= 0.3 is 0 Å². The molecule has 1 aromatic rings. The first kappa shape index (κ1) is 13.6. The monoisotopic (exact) mass is 233 g/mol. The van der Waals surface area contributed by atoms with Gasteiger partial charge in [-0.15, -0.1) is 0 Å². The maximum Gasteiger partial charge on any atom is 0.193 e. The summed E-state index contributed by atoms with van der Waals surface area (Å²) in [6.07, 6.45) is 1.98. The molecule has 17 heavy (non-hydrogen) atoms. The van der Waals surface area contributed by atoms with Crippen molar-refractivity contribution in [3.63, 3.8) is 0 Å². The molecule has 0 unspecified atom stereocenters. The third-order valence-corrected chi connectivity index (χ3v) is 2.65. The van der Waals surface area contributed by atoms with Crippen LogP contribution in [-0.4, -0.2) is 12.0 Å². The summed E-state index contributed by atoms with van der Waals surface area (Å²) in [4.78, 5) is 4.31. The van der Waals surface area contributed by atoms with Gasteiger partial charge in [0, 0.05) is 11.7 Å². The average molecular weight is 233 g/mol. The summed E-state index contributed by atoms with van der Waals surface area (Å²) in [6, 6.07) is 6.56. The number of nitrogens with one attached hydrogen (secondary N) is 1. The molecule has 0 radical (unpaired) electrons. The van der Waals surface area contributed by atoms with Crippen molar-refractivity contribution in [1.82, 2.24) is 0 Å². The van der Waals surface area contributed by atoms with E-state index in [0.717, 1.165) is 18.5 Å². The number of nitrogens with two attached hydrogens (primary N) is 1. The molecule has 0 aliphatic carbocycles. The first-order valence-electron chi connectivity index (χ1n) is 6.29. The predicted octanol–water partition coefficient (Wildman–Crippen LogP) is 2.95. The van der Waals surface area contributed by atoms with Crippen LogP contribution in [-0.2, 0) is 12.8 Å². The number of anilines is 1. The van der Waals surface area contributed by atoms with E-state index in [-0.39, 0.29) is 6.04 Å². The van der Waals surface area contributed by atoms with Gasteiger partial charge in [0.15, 0.2) is 5.96 Å². The number of rotatable bonds is 4. The van der Waals surface area contributed by atoms with Gasteiger partial charge in [0.25, 0.3) is 0 Å². The molecule has 0 heterocycles. The molecule has 0 aliphatic rings. The molecule has 3 N–H and O–H groups in total. The fraction of sp³-hybridized carbons (Fsp3) is 0.500. The Morgan fingerprint density at radius 2 is 1.76 bits per heavy atom. The van der Waals surface area contributed by atoms with Crippen LogP contribution in [0.2, 0.25) is 0 Å². The summed E-state index contributed by atoms with van der Waals surface area (Å²) >= 11 is 0. The number of benzene rings is 1.